The van der Waals surface area contributed by atoms with E-state index in [0.29, 0.717) is 36.0 Å². The number of hydrogen-bond acceptors (Lipinski definition) is 3. The highest BCUT2D eigenvalue weighted by Crippen LogP contribution is 2.23. The summed E-state index contributed by atoms with van der Waals surface area (Å²) in [6.07, 6.45) is 3.59. The van der Waals surface area contributed by atoms with E-state index >= 15 is 0 Å². The molecule has 1 aliphatic rings. The fourth-order valence-corrected chi connectivity index (χ4v) is 2.99. The van der Waals surface area contributed by atoms with Crippen LogP contribution in [-0.2, 0) is 11.4 Å². The Morgan fingerprint density at radius 2 is 1.85 bits per heavy atom. The monoisotopic (exact) mass is 366 g/mol. The molecule has 2 aromatic rings. The van der Waals surface area contributed by atoms with Gasteiger partial charge in [-0.15, -0.1) is 0 Å². The third-order valence-electron chi connectivity index (χ3n) is 4.27. The minimum Gasteiger partial charge on any atom is -0.488 e. The zero-order chi connectivity index (χ0) is 18.4. The lowest BCUT2D eigenvalue weighted by atomic mass is 10.1. The van der Waals surface area contributed by atoms with E-state index in [2.05, 4.69) is 0 Å². The van der Waals surface area contributed by atoms with Crippen LogP contribution in [0.1, 0.15) is 24.0 Å². The van der Waals surface area contributed by atoms with Crippen LogP contribution in [-0.4, -0.2) is 23.9 Å². The Kier molecular flexibility index (Phi) is 5.93. The molecule has 0 N–H and O–H groups in total. The van der Waals surface area contributed by atoms with E-state index in [1.807, 2.05) is 54.6 Å². The van der Waals surface area contributed by atoms with E-state index in [0.717, 1.165) is 18.4 Å². The molecule has 132 valence electrons. The molecule has 0 atom stereocenters. The zero-order valence-corrected chi connectivity index (χ0v) is 15.1. The molecule has 26 heavy (non-hydrogen) atoms. The number of halogens is 1. The highest BCUT2D eigenvalue weighted by atomic mass is 35.5. The Hall–Kier alpha value is -2.77. The molecule has 0 spiro atoms. The summed E-state index contributed by atoms with van der Waals surface area (Å²) in [5.74, 6) is 0.418. The lowest BCUT2D eigenvalue weighted by Gasteiger charge is -2.14. The standard InChI is InChI=1S/C21H19ClN2O2/c22-19-9-7-16(8-10-19)15-26-20-6-2-1-5-17(20)13-18(14-23)21(25)24-11-3-4-12-24/h1-2,5-10,13H,3-4,11-12,15H2/b18-13+. The first-order valence-corrected chi connectivity index (χ1v) is 8.92. The minimum atomic E-state index is -0.211. The van der Waals surface area contributed by atoms with Crippen molar-refractivity contribution in [3.63, 3.8) is 0 Å². The van der Waals surface area contributed by atoms with Crippen molar-refractivity contribution in [3.8, 4) is 11.8 Å². The highest BCUT2D eigenvalue weighted by molar-refractivity contribution is 6.30. The lowest BCUT2D eigenvalue weighted by Crippen LogP contribution is -2.28. The average molecular weight is 367 g/mol. The molecule has 0 radical (unpaired) electrons. The summed E-state index contributed by atoms with van der Waals surface area (Å²) in [6.45, 7) is 1.81. The summed E-state index contributed by atoms with van der Waals surface area (Å²) in [5, 5.41) is 10.1. The second-order valence-corrected chi connectivity index (χ2v) is 6.56. The number of nitrogens with zero attached hydrogens (tertiary/aromatic N) is 2. The molecule has 5 heteroatoms. The first kappa shape index (κ1) is 18.0. The Balaban J connectivity index is 1.78. The molecule has 0 bridgehead atoms. The fourth-order valence-electron chi connectivity index (χ4n) is 2.86. The number of amides is 1. The number of likely N-dealkylation sites (tertiary alicyclic amines) is 1. The largest absolute Gasteiger partial charge is 0.488 e. The number of benzene rings is 2. The van der Waals surface area contributed by atoms with Crippen molar-refractivity contribution >= 4 is 23.6 Å². The molecule has 0 aromatic heterocycles. The Morgan fingerprint density at radius 1 is 1.15 bits per heavy atom. The van der Waals surface area contributed by atoms with Crippen LogP contribution in [0.3, 0.4) is 0 Å². The van der Waals surface area contributed by atoms with Crippen LogP contribution in [0.4, 0.5) is 0 Å². The molecular weight excluding hydrogens is 348 g/mol. The molecule has 0 saturated carbocycles. The molecule has 1 aliphatic heterocycles. The van der Waals surface area contributed by atoms with Gasteiger partial charge in [-0.05, 0) is 42.7 Å². The van der Waals surface area contributed by atoms with Crippen LogP contribution in [0.5, 0.6) is 5.75 Å². The van der Waals surface area contributed by atoms with E-state index in [1.54, 1.807) is 11.0 Å². The van der Waals surface area contributed by atoms with Crippen LogP contribution < -0.4 is 4.74 Å². The van der Waals surface area contributed by atoms with Gasteiger partial charge in [0.05, 0.1) is 0 Å². The predicted molar refractivity (Wildman–Crippen MR) is 102 cm³/mol. The van der Waals surface area contributed by atoms with E-state index in [-0.39, 0.29) is 11.5 Å². The second kappa shape index (κ2) is 8.55. The van der Waals surface area contributed by atoms with Gasteiger partial charge < -0.3 is 9.64 Å². The molecule has 4 nitrogen and oxygen atoms in total. The number of rotatable bonds is 5. The third kappa shape index (κ3) is 4.44. The molecule has 3 rings (SSSR count). The van der Waals surface area contributed by atoms with Crippen LogP contribution in [0.25, 0.3) is 6.08 Å². The number of carbonyl (C=O) groups is 1. The quantitative estimate of drug-likeness (QED) is 0.580. The molecule has 1 heterocycles. The first-order valence-electron chi connectivity index (χ1n) is 8.55. The molecule has 0 aliphatic carbocycles. The summed E-state index contributed by atoms with van der Waals surface area (Å²) in [7, 11) is 0. The maximum absolute atomic E-state index is 12.5. The van der Waals surface area contributed by atoms with Gasteiger partial charge in [0, 0.05) is 23.7 Å². The number of nitriles is 1. The van der Waals surface area contributed by atoms with Gasteiger partial charge in [-0.2, -0.15) is 5.26 Å². The van der Waals surface area contributed by atoms with Gasteiger partial charge in [-0.25, -0.2) is 0 Å². The van der Waals surface area contributed by atoms with Crippen molar-refractivity contribution in [2.24, 2.45) is 0 Å². The summed E-state index contributed by atoms with van der Waals surface area (Å²) < 4.78 is 5.89. The number of para-hydroxylation sites is 1. The maximum atomic E-state index is 12.5. The summed E-state index contributed by atoms with van der Waals surface area (Å²) in [6, 6.07) is 16.9. The summed E-state index contributed by atoms with van der Waals surface area (Å²) in [4.78, 5) is 14.2. The van der Waals surface area contributed by atoms with Gasteiger partial charge in [-0.1, -0.05) is 41.9 Å². The van der Waals surface area contributed by atoms with Crippen molar-refractivity contribution in [1.29, 1.82) is 5.26 Å². The van der Waals surface area contributed by atoms with Gasteiger partial charge in [0.1, 0.15) is 24.0 Å². The summed E-state index contributed by atoms with van der Waals surface area (Å²) in [5.41, 5.74) is 1.84. The molecule has 1 amide bonds. The fraction of sp³-hybridized carbons (Fsp3) is 0.238. The number of carbonyl (C=O) groups excluding carboxylic acids is 1. The molecular formula is C21H19ClN2O2. The third-order valence-corrected chi connectivity index (χ3v) is 4.52. The molecule has 2 aromatic carbocycles. The molecule has 1 fully saturated rings. The van der Waals surface area contributed by atoms with Crippen LogP contribution in [0, 0.1) is 11.3 Å². The number of ether oxygens (including phenoxy) is 1. The van der Waals surface area contributed by atoms with Crippen LogP contribution >= 0.6 is 11.6 Å². The van der Waals surface area contributed by atoms with Crippen molar-refractivity contribution < 1.29 is 9.53 Å². The normalized spacial score (nSPS) is 14.2. The second-order valence-electron chi connectivity index (χ2n) is 6.12. The molecule has 0 unspecified atom stereocenters. The van der Waals surface area contributed by atoms with E-state index in [9.17, 15) is 10.1 Å². The van der Waals surface area contributed by atoms with Gasteiger partial charge in [0.25, 0.3) is 5.91 Å². The molecule has 1 saturated heterocycles. The van der Waals surface area contributed by atoms with Crippen molar-refractivity contribution in [2.75, 3.05) is 13.1 Å². The smallest absolute Gasteiger partial charge is 0.264 e. The number of hydrogen-bond donors (Lipinski definition) is 0. The highest BCUT2D eigenvalue weighted by Gasteiger charge is 2.21. The maximum Gasteiger partial charge on any atom is 0.264 e. The van der Waals surface area contributed by atoms with Gasteiger partial charge in [0.15, 0.2) is 0 Å². The Morgan fingerprint density at radius 3 is 2.54 bits per heavy atom. The zero-order valence-electron chi connectivity index (χ0n) is 14.3. The Bertz CT molecular complexity index is 847. The van der Waals surface area contributed by atoms with Crippen molar-refractivity contribution in [2.45, 2.75) is 19.4 Å². The van der Waals surface area contributed by atoms with Crippen LogP contribution in [0.2, 0.25) is 5.02 Å². The van der Waals surface area contributed by atoms with Gasteiger partial charge >= 0.3 is 0 Å². The lowest BCUT2D eigenvalue weighted by molar-refractivity contribution is -0.125. The topological polar surface area (TPSA) is 53.3 Å². The van der Waals surface area contributed by atoms with Gasteiger partial charge in [-0.3, -0.25) is 4.79 Å². The van der Waals surface area contributed by atoms with E-state index < -0.39 is 0 Å². The summed E-state index contributed by atoms with van der Waals surface area (Å²) >= 11 is 5.90. The predicted octanol–water partition coefficient (Wildman–Crippen LogP) is 4.45. The first-order chi connectivity index (χ1) is 12.7. The van der Waals surface area contributed by atoms with E-state index in [1.165, 1.54) is 0 Å². The minimum absolute atomic E-state index is 0.134. The van der Waals surface area contributed by atoms with Crippen molar-refractivity contribution in [3.05, 3.63) is 70.3 Å². The Labute approximate surface area is 158 Å². The average Bonchev–Trinajstić information content (AvgIpc) is 3.20. The van der Waals surface area contributed by atoms with Crippen molar-refractivity contribution in [1.82, 2.24) is 4.90 Å². The van der Waals surface area contributed by atoms with Gasteiger partial charge in [0.2, 0.25) is 0 Å². The van der Waals surface area contributed by atoms with E-state index in [4.69, 9.17) is 16.3 Å². The van der Waals surface area contributed by atoms with Crippen LogP contribution in [0.15, 0.2) is 54.1 Å². The SMILES string of the molecule is N#C/C(=C\c1ccccc1OCc1ccc(Cl)cc1)C(=O)N1CCCC1.